The molecular formula is C22H36N2O4S. The van der Waals surface area contributed by atoms with Crippen LogP contribution in [0.25, 0.3) is 0 Å². The Morgan fingerprint density at radius 3 is 2.48 bits per heavy atom. The van der Waals surface area contributed by atoms with E-state index in [0.29, 0.717) is 24.6 Å². The molecule has 0 amide bonds. The van der Waals surface area contributed by atoms with E-state index in [9.17, 15) is 13.5 Å². The zero-order valence-electron chi connectivity index (χ0n) is 18.1. The van der Waals surface area contributed by atoms with Crippen molar-refractivity contribution in [1.82, 2.24) is 4.31 Å². The Hall–Kier alpha value is -1.15. The van der Waals surface area contributed by atoms with E-state index in [4.69, 9.17) is 4.74 Å². The van der Waals surface area contributed by atoms with Gasteiger partial charge in [0, 0.05) is 37.5 Å². The van der Waals surface area contributed by atoms with Crippen LogP contribution in [0.15, 0.2) is 23.1 Å². The zero-order valence-corrected chi connectivity index (χ0v) is 18.9. The Kier molecular flexibility index (Phi) is 7.25. The normalized spacial score (nSPS) is 25.4. The van der Waals surface area contributed by atoms with Crippen molar-refractivity contribution >= 4 is 15.7 Å². The molecule has 2 unspecified atom stereocenters. The number of piperidine rings is 1. The van der Waals surface area contributed by atoms with Gasteiger partial charge < -0.3 is 14.7 Å². The van der Waals surface area contributed by atoms with Gasteiger partial charge in [0.05, 0.1) is 4.90 Å². The van der Waals surface area contributed by atoms with Crippen LogP contribution in [0.2, 0.25) is 0 Å². The zero-order chi connectivity index (χ0) is 21.1. The minimum absolute atomic E-state index is 0.299. The highest BCUT2D eigenvalue weighted by Gasteiger charge is 2.48. The number of rotatable bonds is 9. The molecule has 7 heteroatoms. The van der Waals surface area contributed by atoms with Gasteiger partial charge in [0.2, 0.25) is 10.0 Å². The van der Waals surface area contributed by atoms with Crippen LogP contribution in [0.3, 0.4) is 0 Å². The van der Waals surface area contributed by atoms with Crippen molar-refractivity contribution < 1.29 is 18.3 Å². The molecule has 2 aliphatic heterocycles. The fourth-order valence-corrected chi connectivity index (χ4v) is 5.84. The first-order valence-corrected chi connectivity index (χ1v) is 12.5. The molecular weight excluding hydrogens is 388 g/mol. The number of ether oxygens (including phenoxy) is 1. The van der Waals surface area contributed by atoms with E-state index < -0.39 is 21.9 Å². The maximum absolute atomic E-state index is 13.2. The molecule has 0 bridgehead atoms. The molecule has 6 nitrogen and oxygen atoms in total. The Morgan fingerprint density at radius 2 is 1.83 bits per heavy atom. The maximum Gasteiger partial charge on any atom is 0.243 e. The molecule has 2 aliphatic rings. The van der Waals surface area contributed by atoms with E-state index in [1.54, 1.807) is 16.4 Å². The fourth-order valence-electron chi connectivity index (χ4n) is 4.30. The summed E-state index contributed by atoms with van der Waals surface area (Å²) in [6, 6.07) is 5.27. The van der Waals surface area contributed by atoms with Gasteiger partial charge in [0.1, 0.15) is 5.60 Å². The number of hydrogen-bond acceptors (Lipinski definition) is 5. The Balaban J connectivity index is 1.98. The monoisotopic (exact) mass is 424 g/mol. The summed E-state index contributed by atoms with van der Waals surface area (Å²) in [6.45, 7) is 8.51. The Morgan fingerprint density at radius 1 is 1.14 bits per heavy atom. The van der Waals surface area contributed by atoms with Crippen LogP contribution in [-0.4, -0.2) is 50.3 Å². The quantitative estimate of drug-likeness (QED) is 0.610. The van der Waals surface area contributed by atoms with E-state index >= 15 is 0 Å². The average molecular weight is 425 g/mol. The second-order valence-corrected chi connectivity index (χ2v) is 10.3. The summed E-state index contributed by atoms with van der Waals surface area (Å²) < 4.78 is 34.2. The van der Waals surface area contributed by atoms with Gasteiger partial charge in [0.25, 0.3) is 0 Å². The molecule has 2 heterocycles. The fraction of sp³-hybridized carbons (Fsp3) is 0.727. The highest BCUT2D eigenvalue weighted by Crippen LogP contribution is 2.46. The van der Waals surface area contributed by atoms with Crippen LogP contribution in [0.4, 0.5) is 5.69 Å². The first kappa shape index (κ1) is 22.5. The highest BCUT2D eigenvalue weighted by molar-refractivity contribution is 7.89. The summed E-state index contributed by atoms with van der Waals surface area (Å²) in [5.74, 6) is 0. The Bertz CT molecular complexity index is 792. The molecule has 0 aliphatic carbocycles. The summed E-state index contributed by atoms with van der Waals surface area (Å²) in [5, 5.41) is 11.1. The topological polar surface area (TPSA) is 70.1 Å². The Labute approximate surface area is 175 Å². The number of unbranched alkanes of at least 4 members (excludes halogenated alkanes) is 2. The molecule has 0 aromatic heterocycles. The predicted molar refractivity (Wildman–Crippen MR) is 116 cm³/mol. The SMILES string of the molecule is CCCCOC1(C)c2cc(S(=O)(=O)N3CCCCC3)ccc2N(CCCC)C1O. The van der Waals surface area contributed by atoms with Crippen LogP contribution in [0.1, 0.15) is 71.3 Å². The number of anilines is 1. The van der Waals surface area contributed by atoms with Gasteiger partial charge >= 0.3 is 0 Å². The van der Waals surface area contributed by atoms with Crippen LogP contribution in [-0.2, 0) is 20.4 Å². The largest absolute Gasteiger partial charge is 0.370 e. The third kappa shape index (κ3) is 4.33. The number of hydrogen-bond donors (Lipinski definition) is 1. The second-order valence-electron chi connectivity index (χ2n) is 8.37. The van der Waals surface area contributed by atoms with Gasteiger partial charge in [-0.3, -0.25) is 0 Å². The molecule has 1 saturated heterocycles. The summed E-state index contributed by atoms with van der Waals surface area (Å²) >= 11 is 0. The average Bonchev–Trinajstić information content (AvgIpc) is 2.94. The smallest absolute Gasteiger partial charge is 0.243 e. The molecule has 1 fully saturated rings. The van der Waals surface area contributed by atoms with E-state index in [1.807, 2.05) is 17.9 Å². The minimum atomic E-state index is -3.53. The standard InChI is InChI=1S/C22H36N2O4S/c1-4-6-15-24-20-12-11-18(29(26,27)23-13-9-8-10-14-23)17-19(20)22(3,21(24)25)28-16-7-5-2/h11-12,17,21,25H,4-10,13-16H2,1-3H3. The van der Waals surface area contributed by atoms with Crippen molar-refractivity contribution in [3.05, 3.63) is 23.8 Å². The van der Waals surface area contributed by atoms with Crippen molar-refractivity contribution in [2.45, 2.75) is 82.4 Å². The second kappa shape index (κ2) is 9.33. The van der Waals surface area contributed by atoms with Crippen LogP contribution in [0, 0.1) is 0 Å². The number of sulfonamides is 1. The van der Waals surface area contributed by atoms with Crippen molar-refractivity contribution in [3.63, 3.8) is 0 Å². The van der Waals surface area contributed by atoms with Crippen molar-refractivity contribution in [2.75, 3.05) is 31.1 Å². The molecule has 2 atom stereocenters. The maximum atomic E-state index is 13.2. The van der Waals surface area contributed by atoms with Gasteiger partial charge in [-0.15, -0.1) is 0 Å². The van der Waals surface area contributed by atoms with Crippen molar-refractivity contribution in [2.24, 2.45) is 0 Å². The molecule has 0 saturated carbocycles. The van der Waals surface area contributed by atoms with Crippen molar-refractivity contribution in [3.8, 4) is 0 Å². The van der Waals surface area contributed by atoms with E-state index in [0.717, 1.165) is 62.7 Å². The summed E-state index contributed by atoms with van der Waals surface area (Å²) in [5.41, 5.74) is 0.712. The molecule has 1 aromatic carbocycles. The number of aliphatic hydroxyl groups is 1. The third-order valence-corrected chi connectivity index (χ3v) is 8.10. The van der Waals surface area contributed by atoms with Crippen molar-refractivity contribution in [1.29, 1.82) is 0 Å². The molecule has 1 aromatic rings. The van der Waals surface area contributed by atoms with Crippen LogP contribution in [0.5, 0.6) is 0 Å². The predicted octanol–water partition coefficient (Wildman–Crippen LogP) is 3.83. The van der Waals surface area contributed by atoms with Gasteiger partial charge in [-0.25, -0.2) is 8.42 Å². The minimum Gasteiger partial charge on any atom is -0.370 e. The van der Waals surface area contributed by atoms with E-state index in [2.05, 4.69) is 13.8 Å². The first-order chi connectivity index (χ1) is 13.9. The highest BCUT2D eigenvalue weighted by atomic mass is 32.2. The van der Waals surface area contributed by atoms with Gasteiger partial charge in [0.15, 0.2) is 6.23 Å². The molecule has 29 heavy (non-hydrogen) atoms. The first-order valence-electron chi connectivity index (χ1n) is 11.1. The van der Waals surface area contributed by atoms with Crippen LogP contribution < -0.4 is 4.90 Å². The summed E-state index contributed by atoms with van der Waals surface area (Å²) in [6.07, 6.45) is 5.95. The number of benzene rings is 1. The third-order valence-electron chi connectivity index (χ3n) is 6.21. The van der Waals surface area contributed by atoms with E-state index in [1.165, 1.54) is 0 Å². The van der Waals surface area contributed by atoms with Crippen LogP contribution >= 0.6 is 0 Å². The number of aliphatic hydroxyl groups excluding tert-OH is 1. The van der Waals surface area contributed by atoms with Gasteiger partial charge in [-0.1, -0.05) is 33.1 Å². The van der Waals surface area contributed by atoms with E-state index in [-0.39, 0.29) is 0 Å². The number of nitrogens with zero attached hydrogens (tertiary/aromatic N) is 2. The van der Waals surface area contributed by atoms with Gasteiger partial charge in [-0.2, -0.15) is 4.31 Å². The molecule has 164 valence electrons. The molecule has 0 spiro atoms. The number of fused-ring (bicyclic) bond motifs is 1. The molecule has 1 N–H and O–H groups in total. The lowest BCUT2D eigenvalue weighted by molar-refractivity contribution is -0.110. The lowest BCUT2D eigenvalue weighted by Gasteiger charge is -2.33. The summed E-state index contributed by atoms with van der Waals surface area (Å²) in [7, 11) is -3.53. The van der Waals surface area contributed by atoms with Gasteiger partial charge in [-0.05, 0) is 50.8 Å². The summed E-state index contributed by atoms with van der Waals surface area (Å²) in [4.78, 5) is 2.26. The molecule has 0 radical (unpaired) electrons. The molecule has 3 rings (SSSR count). The lowest BCUT2D eigenvalue weighted by Crippen LogP contribution is -2.45. The lowest BCUT2D eigenvalue weighted by atomic mass is 9.96.